The van der Waals surface area contributed by atoms with Gasteiger partial charge in [0, 0.05) is 25.0 Å². The lowest BCUT2D eigenvalue weighted by Gasteiger charge is -2.09. The number of imidazole rings is 1. The van der Waals surface area contributed by atoms with E-state index in [0.29, 0.717) is 18.5 Å². The fourth-order valence-corrected chi connectivity index (χ4v) is 2.10. The van der Waals surface area contributed by atoms with Crippen molar-refractivity contribution >= 4 is 5.96 Å². The van der Waals surface area contributed by atoms with Crippen LogP contribution >= 0.6 is 0 Å². The van der Waals surface area contributed by atoms with Crippen LogP contribution in [0, 0.1) is 0 Å². The Hall–Kier alpha value is -2.30. The van der Waals surface area contributed by atoms with Crippen LogP contribution in [0.15, 0.2) is 48.0 Å². The second-order valence-corrected chi connectivity index (χ2v) is 5.12. The number of hydrogen-bond acceptors (Lipinski definition) is 2. The lowest BCUT2D eigenvalue weighted by atomic mass is 10.1. The van der Waals surface area contributed by atoms with E-state index < -0.39 is 0 Å². The van der Waals surface area contributed by atoms with E-state index >= 15 is 0 Å². The highest BCUT2D eigenvalue weighted by Crippen LogP contribution is 2.18. The Morgan fingerprint density at radius 2 is 2.15 bits per heavy atom. The van der Waals surface area contributed by atoms with Gasteiger partial charge in [0.15, 0.2) is 5.96 Å². The molecule has 1 aromatic heterocycles. The van der Waals surface area contributed by atoms with Gasteiger partial charge >= 0.3 is 0 Å². The van der Waals surface area contributed by atoms with Gasteiger partial charge in [0.1, 0.15) is 0 Å². The molecule has 1 saturated carbocycles. The Balaban J connectivity index is 1.68. The van der Waals surface area contributed by atoms with E-state index in [2.05, 4.69) is 27.4 Å². The highest BCUT2D eigenvalue weighted by atomic mass is 15.1. The number of rotatable bonds is 5. The number of guanidine groups is 1. The maximum atomic E-state index is 5.87. The molecule has 5 nitrogen and oxygen atoms in total. The molecule has 20 heavy (non-hydrogen) atoms. The zero-order valence-corrected chi connectivity index (χ0v) is 11.4. The second-order valence-electron chi connectivity index (χ2n) is 5.12. The van der Waals surface area contributed by atoms with Gasteiger partial charge in [0.05, 0.1) is 12.9 Å². The van der Waals surface area contributed by atoms with E-state index in [1.165, 1.54) is 24.0 Å². The topological polar surface area (TPSA) is 68.2 Å². The van der Waals surface area contributed by atoms with Crippen molar-refractivity contribution < 1.29 is 0 Å². The Bertz CT molecular complexity index is 584. The molecule has 104 valence electrons. The average Bonchev–Trinajstić information content (AvgIpc) is 3.11. The maximum absolute atomic E-state index is 5.87. The first-order valence-electron chi connectivity index (χ1n) is 6.90. The van der Waals surface area contributed by atoms with E-state index in [4.69, 9.17) is 5.73 Å². The summed E-state index contributed by atoms with van der Waals surface area (Å²) in [5.41, 5.74) is 8.31. The highest BCUT2D eigenvalue weighted by molar-refractivity contribution is 5.78. The summed E-state index contributed by atoms with van der Waals surface area (Å²) in [4.78, 5) is 8.49. The standard InChI is InChI=1S/C15H19N5/c16-15(19-14-5-6-14)18-9-12-3-1-2-4-13(12)10-20-8-7-17-11-20/h1-4,7-8,11,14H,5-6,9-10H2,(H3,16,18,19). The van der Waals surface area contributed by atoms with Crippen molar-refractivity contribution in [1.29, 1.82) is 0 Å². The minimum Gasteiger partial charge on any atom is -0.370 e. The van der Waals surface area contributed by atoms with Crippen LogP contribution in [0.3, 0.4) is 0 Å². The monoisotopic (exact) mass is 269 g/mol. The first kappa shape index (κ1) is 12.7. The van der Waals surface area contributed by atoms with Gasteiger partial charge in [-0.05, 0) is 24.0 Å². The molecule has 1 aromatic carbocycles. The minimum atomic E-state index is 0.542. The highest BCUT2D eigenvalue weighted by Gasteiger charge is 2.21. The summed E-state index contributed by atoms with van der Waals surface area (Å²) in [5, 5.41) is 3.20. The smallest absolute Gasteiger partial charge is 0.189 e. The molecule has 0 bridgehead atoms. The van der Waals surface area contributed by atoms with E-state index in [0.717, 1.165) is 6.54 Å². The van der Waals surface area contributed by atoms with Crippen molar-refractivity contribution in [2.45, 2.75) is 32.0 Å². The van der Waals surface area contributed by atoms with Crippen molar-refractivity contribution in [3.63, 3.8) is 0 Å². The number of hydrogen-bond donors (Lipinski definition) is 2. The number of nitrogens with one attached hydrogen (secondary N) is 1. The van der Waals surface area contributed by atoms with Crippen LogP contribution in [-0.2, 0) is 13.1 Å². The molecule has 1 heterocycles. The van der Waals surface area contributed by atoms with E-state index in [9.17, 15) is 0 Å². The predicted octanol–water partition coefficient (Wildman–Crippen LogP) is 1.50. The SMILES string of the molecule is NC(=NCc1ccccc1Cn1ccnc1)NC1CC1. The molecule has 3 rings (SSSR count). The van der Waals surface area contributed by atoms with E-state index in [-0.39, 0.29) is 0 Å². The van der Waals surface area contributed by atoms with E-state index in [1.807, 2.05) is 29.2 Å². The van der Waals surface area contributed by atoms with Crippen molar-refractivity contribution in [2.75, 3.05) is 0 Å². The normalized spacial score (nSPS) is 15.3. The van der Waals surface area contributed by atoms with E-state index in [1.54, 1.807) is 6.20 Å². The molecule has 0 saturated heterocycles. The molecule has 1 fully saturated rings. The Morgan fingerprint density at radius 3 is 2.85 bits per heavy atom. The van der Waals surface area contributed by atoms with Gasteiger partial charge in [-0.2, -0.15) is 0 Å². The van der Waals surface area contributed by atoms with Crippen LogP contribution < -0.4 is 11.1 Å². The molecule has 0 amide bonds. The molecule has 1 aliphatic carbocycles. The zero-order valence-electron chi connectivity index (χ0n) is 11.4. The quantitative estimate of drug-likeness (QED) is 0.638. The third-order valence-corrected chi connectivity index (χ3v) is 3.38. The Morgan fingerprint density at radius 1 is 1.35 bits per heavy atom. The molecular weight excluding hydrogens is 250 g/mol. The van der Waals surface area contributed by atoms with Crippen LogP contribution in [0.1, 0.15) is 24.0 Å². The van der Waals surface area contributed by atoms with Crippen LogP contribution in [0.5, 0.6) is 0 Å². The fourth-order valence-electron chi connectivity index (χ4n) is 2.10. The Labute approximate surface area is 118 Å². The molecule has 3 N–H and O–H groups in total. The van der Waals surface area contributed by atoms with Gasteiger partial charge in [-0.3, -0.25) is 0 Å². The van der Waals surface area contributed by atoms with Gasteiger partial charge < -0.3 is 15.6 Å². The van der Waals surface area contributed by atoms with Crippen LogP contribution in [0.4, 0.5) is 0 Å². The van der Waals surface area contributed by atoms with Gasteiger partial charge in [0.2, 0.25) is 0 Å². The largest absolute Gasteiger partial charge is 0.370 e. The van der Waals surface area contributed by atoms with Gasteiger partial charge in [-0.15, -0.1) is 0 Å². The van der Waals surface area contributed by atoms with Crippen LogP contribution in [0.2, 0.25) is 0 Å². The number of nitrogens with zero attached hydrogens (tertiary/aromatic N) is 3. The number of benzene rings is 1. The van der Waals surface area contributed by atoms with Gasteiger partial charge in [-0.25, -0.2) is 9.98 Å². The van der Waals surface area contributed by atoms with Crippen LogP contribution in [-0.4, -0.2) is 21.6 Å². The summed E-state index contributed by atoms with van der Waals surface area (Å²) >= 11 is 0. The first-order chi connectivity index (χ1) is 9.81. The molecule has 0 spiro atoms. The van der Waals surface area contributed by atoms with Crippen molar-refractivity contribution in [3.8, 4) is 0 Å². The third kappa shape index (κ3) is 3.38. The fraction of sp³-hybridized carbons (Fsp3) is 0.333. The number of aromatic nitrogens is 2. The number of aliphatic imine (C=N–C) groups is 1. The molecule has 1 aliphatic rings. The lowest BCUT2D eigenvalue weighted by Crippen LogP contribution is -2.33. The summed E-state index contributed by atoms with van der Waals surface area (Å²) in [7, 11) is 0. The van der Waals surface area contributed by atoms with Crippen molar-refractivity contribution in [1.82, 2.24) is 14.9 Å². The predicted molar refractivity (Wildman–Crippen MR) is 79.3 cm³/mol. The molecule has 0 atom stereocenters. The van der Waals surface area contributed by atoms with Gasteiger partial charge in [-0.1, -0.05) is 24.3 Å². The van der Waals surface area contributed by atoms with Crippen LogP contribution in [0.25, 0.3) is 0 Å². The van der Waals surface area contributed by atoms with Crippen molar-refractivity contribution in [3.05, 3.63) is 54.1 Å². The maximum Gasteiger partial charge on any atom is 0.189 e. The number of nitrogens with two attached hydrogens (primary N) is 1. The average molecular weight is 269 g/mol. The summed E-state index contributed by atoms with van der Waals surface area (Å²) in [5.74, 6) is 0.546. The molecular formula is C15H19N5. The molecule has 0 aliphatic heterocycles. The molecule has 0 radical (unpaired) electrons. The zero-order chi connectivity index (χ0) is 13.8. The summed E-state index contributed by atoms with van der Waals surface area (Å²) in [6, 6.07) is 8.84. The minimum absolute atomic E-state index is 0.542. The molecule has 2 aromatic rings. The Kier molecular flexibility index (Phi) is 3.67. The lowest BCUT2D eigenvalue weighted by molar-refractivity contribution is 0.783. The summed E-state index contributed by atoms with van der Waals surface area (Å²) in [6.07, 6.45) is 7.98. The third-order valence-electron chi connectivity index (χ3n) is 3.38. The molecule has 0 unspecified atom stereocenters. The van der Waals surface area contributed by atoms with Gasteiger partial charge in [0.25, 0.3) is 0 Å². The molecule has 5 heteroatoms. The first-order valence-corrected chi connectivity index (χ1v) is 6.90. The van der Waals surface area contributed by atoms with Crippen molar-refractivity contribution in [2.24, 2.45) is 10.7 Å². The summed E-state index contributed by atoms with van der Waals surface area (Å²) < 4.78 is 2.05. The summed E-state index contributed by atoms with van der Waals surface area (Å²) in [6.45, 7) is 1.41. The second kappa shape index (κ2) is 5.77.